The molecular formula is C12H17N5O3. The monoisotopic (exact) mass is 279 g/mol. The van der Waals surface area contributed by atoms with E-state index in [-0.39, 0.29) is 6.61 Å². The van der Waals surface area contributed by atoms with Gasteiger partial charge in [0.2, 0.25) is 0 Å². The topological polar surface area (TPSA) is 109 Å². The first kappa shape index (κ1) is 13.2. The van der Waals surface area contributed by atoms with Crippen LogP contribution in [-0.4, -0.2) is 48.1 Å². The number of aryl methyl sites for hydroxylation is 1. The molecule has 8 nitrogen and oxygen atoms in total. The molecule has 0 spiro atoms. The van der Waals surface area contributed by atoms with Crippen LogP contribution in [0.15, 0.2) is 12.7 Å². The molecular weight excluding hydrogens is 262 g/mol. The predicted octanol–water partition coefficient (Wildman–Crippen LogP) is -0.627. The second-order valence-corrected chi connectivity index (χ2v) is 4.82. The van der Waals surface area contributed by atoms with Gasteiger partial charge in [0.05, 0.1) is 25.4 Å². The van der Waals surface area contributed by atoms with Crippen molar-refractivity contribution in [2.45, 2.75) is 38.3 Å². The number of aliphatic hydroxyl groups excluding tert-OH is 2. The van der Waals surface area contributed by atoms with Crippen LogP contribution in [0.25, 0.3) is 11.2 Å². The largest absolute Gasteiger partial charge is 0.394 e. The lowest BCUT2D eigenvalue weighted by atomic mass is 10.2. The van der Waals surface area contributed by atoms with E-state index in [1.54, 1.807) is 21.8 Å². The molecule has 3 atom stereocenters. The van der Waals surface area contributed by atoms with Gasteiger partial charge in [-0.25, -0.2) is 9.97 Å². The first-order valence-corrected chi connectivity index (χ1v) is 6.56. The smallest absolute Gasteiger partial charge is 0.167 e. The number of aliphatic hydroxyl groups is 2. The average molecular weight is 279 g/mol. The Morgan fingerprint density at radius 1 is 1.45 bits per heavy atom. The van der Waals surface area contributed by atoms with Crippen molar-refractivity contribution in [1.82, 2.24) is 19.1 Å². The fraction of sp³-hybridized carbons (Fsp3) is 0.583. The number of hydrogen-bond acceptors (Lipinski definition) is 6. The fourth-order valence-corrected chi connectivity index (χ4v) is 2.47. The summed E-state index contributed by atoms with van der Waals surface area (Å²) in [4.78, 5) is 8.53. The van der Waals surface area contributed by atoms with Crippen LogP contribution < -0.4 is 5.49 Å². The third-order valence-corrected chi connectivity index (χ3v) is 3.63. The number of nitrogens with one attached hydrogen (secondary N) is 1. The van der Waals surface area contributed by atoms with E-state index in [0.29, 0.717) is 29.6 Å². The molecule has 2 aromatic heterocycles. The molecule has 0 amide bonds. The zero-order valence-electron chi connectivity index (χ0n) is 11.1. The van der Waals surface area contributed by atoms with Gasteiger partial charge in [-0.3, -0.25) is 9.98 Å². The quantitative estimate of drug-likeness (QED) is 0.693. The summed E-state index contributed by atoms with van der Waals surface area (Å²) in [7, 11) is 0. The Morgan fingerprint density at radius 3 is 2.90 bits per heavy atom. The van der Waals surface area contributed by atoms with Crippen molar-refractivity contribution in [1.29, 1.82) is 5.41 Å². The van der Waals surface area contributed by atoms with Crippen molar-refractivity contribution < 1.29 is 14.9 Å². The maximum absolute atomic E-state index is 9.79. The molecule has 3 rings (SSSR count). The molecule has 3 N–H and O–H groups in total. The van der Waals surface area contributed by atoms with Crippen molar-refractivity contribution in [2.24, 2.45) is 0 Å². The third kappa shape index (κ3) is 1.92. The number of nitrogens with zero attached hydrogens (tertiary/aromatic N) is 4. The second kappa shape index (κ2) is 4.97. The molecule has 0 saturated carbocycles. The van der Waals surface area contributed by atoms with Gasteiger partial charge in [-0.2, -0.15) is 0 Å². The van der Waals surface area contributed by atoms with E-state index in [9.17, 15) is 5.11 Å². The van der Waals surface area contributed by atoms with Gasteiger partial charge >= 0.3 is 0 Å². The van der Waals surface area contributed by atoms with Gasteiger partial charge in [0.25, 0.3) is 0 Å². The molecule has 1 saturated heterocycles. The van der Waals surface area contributed by atoms with Gasteiger partial charge < -0.3 is 19.5 Å². The minimum Gasteiger partial charge on any atom is -0.394 e. The van der Waals surface area contributed by atoms with Gasteiger partial charge in [0.15, 0.2) is 11.1 Å². The predicted molar refractivity (Wildman–Crippen MR) is 68.7 cm³/mol. The minimum absolute atomic E-state index is 0.225. The van der Waals surface area contributed by atoms with Crippen LogP contribution in [0.5, 0.6) is 0 Å². The van der Waals surface area contributed by atoms with Gasteiger partial charge in [0, 0.05) is 13.0 Å². The summed E-state index contributed by atoms with van der Waals surface area (Å²) in [6.07, 6.45) is 1.81. The Morgan fingerprint density at radius 2 is 2.25 bits per heavy atom. The van der Waals surface area contributed by atoms with Crippen molar-refractivity contribution >= 4 is 11.2 Å². The maximum Gasteiger partial charge on any atom is 0.167 e. The first-order valence-electron chi connectivity index (χ1n) is 6.56. The van der Waals surface area contributed by atoms with Crippen molar-refractivity contribution in [2.75, 3.05) is 6.61 Å². The molecule has 108 valence electrons. The van der Waals surface area contributed by atoms with Gasteiger partial charge in [0.1, 0.15) is 17.8 Å². The molecule has 3 heterocycles. The first-order chi connectivity index (χ1) is 9.65. The standard InChI is InChI=1S/C12H17N5O3/c1-2-16-5-15-12-10(11(16)13)14-6-17(12)9-3-7(19)8(4-18)20-9/h5-9,13,18-19H,2-4H2,1H3/t7-,8+,9+/m0/s1. The summed E-state index contributed by atoms with van der Waals surface area (Å²) < 4.78 is 8.98. The van der Waals surface area contributed by atoms with Crippen LogP contribution in [0.4, 0.5) is 0 Å². The number of rotatable bonds is 3. The van der Waals surface area contributed by atoms with Crippen LogP contribution in [0.1, 0.15) is 19.6 Å². The van der Waals surface area contributed by atoms with Crippen LogP contribution in [-0.2, 0) is 11.3 Å². The van der Waals surface area contributed by atoms with Crippen molar-refractivity contribution in [3.8, 4) is 0 Å². The fourth-order valence-electron chi connectivity index (χ4n) is 2.47. The molecule has 8 heteroatoms. The lowest BCUT2D eigenvalue weighted by Crippen LogP contribution is -2.24. The van der Waals surface area contributed by atoms with Crippen molar-refractivity contribution in [3.05, 3.63) is 18.1 Å². The molecule has 20 heavy (non-hydrogen) atoms. The van der Waals surface area contributed by atoms with E-state index < -0.39 is 18.4 Å². The van der Waals surface area contributed by atoms with Gasteiger partial charge in [-0.15, -0.1) is 0 Å². The lowest BCUT2D eigenvalue weighted by Gasteiger charge is -2.13. The number of ether oxygens (including phenoxy) is 1. The SMILES string of the molecule is CCn1cnc2c(ncn2[C@H]2C[C@H](O)[C@@H](CO)O2)c1=N. The van der Waals surface area contributed by atoms with Gasteiger partial charge in [-0.05, 0) is 6.92 Å². The molecule has 1 fully saturated rings. The summed E-state index contributed by atoms with van der Waals surface area (Å²) in [6.45, 7) is 2.36. The summed E-state index contributed by atoms with van der Waals surface area (Å²) >= 11 is 0. The number of fused-ring (bicyclic) bond motifs is 1. The molecule has 1 aliphatic rings. The van der Waals surface area contributed by atoms with E-state index in [4.69, 9.17) is 15.3 Å². The third-order valence-electron chi connectivity index (χ3n) is 3.63. The highest BCUT2D eigenvalue weighted by molar-refractivity contribution is 5.68. The molecule has 0 bridgehead atoms. The van der Waals surface area contributed by atoms with Crippen LogP contribution in [0, 0.1) is 5.41 Å². The summed E-state index contributed by atoms with van der Waals surface area (Å²) in [5.74, 6) is 0. The maximum atomic E-state index is 9.79. The van der Waals surface area contributed by atoms with Crippen molar-refractivity contribution in [3.63, 3.8) is 0 Å². The van der Waals surface area contributed by atoms with Gasteiger partial charge in [-0.1, -0.05) is 0 Å². The Kier molecular flexibility index (Phi) is 3.28. The highest BCUT2D eigenvalue weighted by Crippen LogP contribution is 2.29. The zero-order chi connectivity index (χ0) is 14.3. The highest BCUT2D eigenvalue weighted by Gasteiger charge is 2.35. The Labute approximate surface area is 114 Å². The molecule has 0 aliphatic carbocycles. The molecule has 0 radical (unpaired) electrons. The van der Waals surface area contributed by atoms with E-state index in [1.807, 2.05) is 6.92 Å². The highest BCUT2D eigenvalue weighted by atomic mass is 16.5. The summed E-state index contributed by atoms with van der Waals surface area (Å²) in [5, 5.41) is 27.0. The Balaban J connectivity index is 2.02. The molecule has 1 aliphatic heterocycles. The van der Waals surface area contributed by atoms with E-state index in [0.717, 1.165) is 0 Å². The second-order valence-electron chi connectivity index (χ2n) is 4.82. The molecule has 0 aromatic carbocycles. The Bertz CT molecular complexity index is 679. The number of aromatic nitrogens is 4. The van der Waals surface area contributed by atoms with Crippen LogP contribution in [0.2, 0.25) is 0 Å². The van der Waals surface area contributed by atoms with Crippen LogP contribution in [0.3, 0.4) is 0 Å². The Hall–Kier alpha value is -1.77. The van der Waals surface area contributed by atoms with Crippen LogP contribution >= 0.6 is 0 Å². The lowest BCUT2D eigenvalue weighted by molar-refractivity contribution is -0.0432. The average Bonchev–Trinajstić information content (AvgIpc) is 3.02. The summed E-state index contributed by atoms with van der Waals surface area (Å²) in [6, 6.07) is 0. The molecule has 0 unspecified atom stereocenters. The van der Waals surface area contributed by atoms with E-state index >= 15 is 0 Å². The molecule has 2 aromatic rings. The summed E-state index contributed by atoms with van der Waals surface area (Å²) in [5.41, 5.74) is 1.35. The zero-order valence-corrected chi connectivity index (χ0v) is 11.1. The van der Waals surface area contributed by atoms with E-state index in [1.165, 1.54) is 0 Å². The minimum atomic E-state index is -0.706. The number of hydrogen-bond donors (Lipinski definition) is 3. The van der Waals surface area contributed by atoms with E-state index in [2.05, 4.69) is 9.97 Å². The number of imidazole rings is 1. The normalized spacial score (nSPS) is 26.4.